The van der Waals surface area contributed by atoms with E-state index in [9.17, 15) is 0 Å². The van der Waals surface area contributed by atoms with E-state index >= 15 is 0 Å². The Bertz CT molecular complexity index is 643. The summed E-state index contributed by atoms with van der Waals surface area (Å²) in [4.78, 5) is 2.36. The minimum Gasteiger partial charge on any atom is -0.344 e. The Morgan fingerprint density at radius 2 is 0.927 bits per heavy atom. The molecule has 0 aromatic carbocycles. The highest BCUT2D eigenvalue weighted by Gasteiger charge is 2.51. The van der Waals surface area contributed by atoms with Gasteiger partial charge in [-0.25, -0.2) is 0 Å². The van der Waals surface area contributed by atoms with Gasteiger partial charge in [0, 0.05) is 18.9 Å². The third-order valence-corrected chi connectivity index (χ3v) is 9.56. The minimum atomic E-state index is -0.290. The van der Waals surface area contributed by atoms with Gasteiger partial charge in [0.1, 0.15) is 0 Å². The summed E-state index contributed by atoms with van der Waals surface area (Å²) in [6.45, 7) is 4.57. The summed E-state index contributed by atoms with van der Waals surface area (Å²) >= 11 is 0. The summed E-state index contributed by atoms with van der Waals surface area (Å²) in [5, 5.41) is 0. The lowest BCUT2D eigenvalue weighted by atomic mass is 9.98. The molecule has 2 aliphatic rings. The average molecular weight is 574 g/mol. The van der Waals surface area contributed by atoms with Gasteiger partial charge in [-0.15, -0.1) is 0 Å². The maximum absolute atomic E-state index is 6.80. The van der Waals surface area contributed by atoms with E-state index in [1.165, 1.54) is 135 Å². The molecule has 1 saturated carbocycles. The second-order valence-corrected chi connectivity index (χ2v) is 13.6. The first-order valence-electron chi connectivity index (χ1n) is 18.4. The van der Waals surface area contributed by atoms with E-state index in [4.69, 9.17) is 9.47 Å². The van der Waals surface area contributed by atoms with E-state index in [-0.39, 0.29) is 5.79 Å². The van der Waals surface area contributed by atoms with Crippen molar-refractivity contribution in [1.82, 2.24) is 4.90 Å². The highest BCUT2D eigenvalue weighted by Crippen LogP contribution is 2.44. The van der Waals surface area contributed by atoms with Crippen LogP contribution in [0.3, 0.4) is 0 Å². The maximum Gasteiger partial charge on any atom is 0.169 e. The van der Waals surface area contributed by atoms with Crippen LogP contribution in [0.15, 0.2) is 24.3 Å². The van der Waals surface area contributed by atoms with Crippen molar-refractivity contribution in [2.24, 2.45) is 0 Å². The van der Waals surface area contributed by atoms with E-state index in [0.717, 1.165) is 32.1 Å². The smallest absolute Gasteiger partial charge is 0.169 e. The molecule has 240 valence electrons. The summed E-state index contributed by atoms with van der Waals surface area (Å²) < 4.78 is 13.6. The van der Waals surface area contributed by atoms with E-state index in [1.54, 1.807) is 0 Å². The zero-order chi connectivity index (χ0) is 29.4. The second-order valence-electron chi connectivity index (χ2n) is 13.6. The van der Waals surface area contributed by atoms with Gasteiger partial charge in [-0.3, -0.25) is 0 Å². The molecule has 0 aromatic rings. The molecular weight excluding hydrogens is 502 g/mol. The molecule has 0 aromatic heterocycles. The number of ether oxygens (including phenoxy) is 2. The fourth-order valence-electron chi connectivity index (χ4n) is 6.81. The molecule has 1 aliphatic carbocycles. The average Bonchev–Trinajstić information content (AvgIpc) is 3.51. The van der Waals surface area contributed by atoms with Crippen LogP contribution in [0.2, 0.25) is 0 Å². The van der Waals surface area contributed by atoms with Gasteiger partial charge in [0.15, 0.2) is 5.79 Å². The number of fused-ring (bicyclic) bond motifs is 1. The Balaban J connectivity index is 1.57. The van der Waals surface area contributed by atoms with E-state index in [2.05, 4.69) is 57.1 Å². The van der Waals surface area contributed by atoms with Gasteiger partial charge < -0.3 is 14.4 Å². The van der Waals surface area contributed by atoms with Crippen LogP contribution >= 0.6 is 0 Å². The second kappa shape index (κ2) is 23.8. The summed E-state index contributed by atoms with van der Waals surface area (Å²) in [5.41, 5.74) is 0. The zero-order valence-electron chi connectivity index (χ0n) is 28.2. The first-order valence-corrected chi connectivity index (χ1v) is 18.4. The molecule has 1 aliphatic heterocycles. The van der Waals surface area contributed by atoms with E-state index in [1.807, 2.05) is 0 Å². The number of hydrogen-bond donors (Lipinski definition) is 0. The molecule has 2 rings (SSSR count). The lowest BCUT2D eigenvalue weighted by Gasteiger charge is -2.31. The van der Waals surface area contributed by atoms with Crippen LogP contribution in [0.5, 0.6) is 0 Å². The summed E-state index contributed by atoms with van der Waals surface area (Å²) in [6.07, 6.45) is 44.0. The zero-order valence-corrected chi connectivity index (χ0v) is 28.2. The monoisotopic (exact) mass is 574 g/mol. The topological polar surface area (TPSA) is 21.7 Å². The van der Waals surface area contributed by atoms with Gasteiger partial charge in [-0.2, -0.15) is 0 Å². The molecule has 3 heteroatoms. The van der Waals surface area contributed by atoms with Crippen LogP contribution in [0, 0.1) is 0 Å². The Labute approximate surface area is 257 Å². The molecule has 3 nitrogen and oxygen atoms in total. The van der Waals surface area contributed by atoms with Crippen molar-refractivity contribution in [1.29, 1.82) is 0 Å². The van der Waals surface area contributed by atoms with Crippen molar-refractivity contribution >= 4 is 0 Å². The van der Waals surface area contributed by atoms with Gasteiger partial charge in [0.2, 0.25) is 0 Å². The Morgan fingerprint density at radius 3 is 1.39 bits per heavy atom. The fourth-order valence-corrected chi connectivity index (χ4v) is 6.81. The van der Waals surface area contributed by atoms with E-state index in [0.29, 0.717) is 18.2 Å². The molecule has 0 amide bonds. The molecule has 0 spiro atoms. The molecule has 0 N–H and O–H groups in total. The quantitative estimate of drug-likeness (QED) is 0.0720. The lowest BCUT2D eigenvalue weighted by Crippen LogP contribution is -2.34. The number of unbranched alkanes of at least 4 members (excludes halogenated alkanes) is 18. The van der Waals surface area contributed by atoms with Gasteiger partial charge in [0.05, 0.1) is 12.2 Å². The minimum absolute atomic E-state index is 0.290. The molecular formula is C38H71NO2. The van der Waals surface area contributed by atoms with Crippen molar-refractivity contribution in [2.45, 2.75) is 205 Å². The van der Waals surface area contributed by atoms with Crippen LogP contribution in [0.1, 0.15) is 181 Å². The summed E-state index contributed by atoms with van der Waals surface area (Å²) in [6, 6.07) is 0.613. The predicted octanol–water partition coefficient (Wildman–Crippen LogP) is 11.7. The largest absolute Gasteiger partial charge is 0.344 e. The Kier molecular flexibility index (Phi) is 21.2. The maximum atomic E-state index is 6.80. The van der Waals surface area contributed by atoms with Crippen molar-refractivity contribution in [3.05, 3.63) is 24.3 Å². The highest BCUT2D eigenvalue weighted by molar-refractivity contribution is 4.96. The van der Waals surface area contributed by atoms with Crippen LogP contribution in [-0.4, -0.2) is 43.0 Å². The van der Waals surface area contributed by atoms with Crippen LogP contribution in [0.4, 0.5) is 0 Å². The van der Waals surface area contributed by atoms with Gasteiger partial charge in [-0.1, -0.05) is 134 Å². The summed E-state index contributed by atoms with van der Waals surface area (Å²) in [7, 11) is 4.40. The van der Waals surface area contributed by atoms with Crippen molar-refractivity contribution in [2.75, 3.05) is 14.1 Å². The van der Waals surface area contributed by atoms with Gasteiger partial charge >= 0.3 is 0 Å². The Morgan fingerprint density at radius 1 is 0.537 bits per heavy atom. The van der Waals surface area contributed by atoms with Crippen LogP contribution in [0.25, 0.3) is 0 Å². The molecule has 41 heavy (non-hydrogen) atoms. The molecule has 0 radical (unpaired) electrons. The van der Waals surface area contributed by atoms with Crippen molar-refractivity contribution in [3.63, 3.8) is 0 Å². The molecule has 2 atom stereocenters. The molecule has 1 heterocycles. The summed E-state index contributed by atoms with van der Waals surface area (Å²) in [5.74, 6) is -0.290. The first kappa shape index (κ1) is 36.6. The van der Waals surface area contributed by atoms with Gasteiger partial charge in [0.25, 0.3) is 0 Å². The van der Waals surface area contributed by atoms with Crippen LogP contribution < -0.4 is 0 Å². The number of hydrogen-bond acceptors (Lipinski definition) is 3. The molecule has 0 bridgehead atoms. The predicted molar refractivity (Wildman–Crippen MR) is 180 cm³/mol. The van der Waals surface area contributed by atoms with Crippen molar-refractivity contribution in [3.8, 4) is 0 Å². The third-order valence-electron chi connectivity index (χ3n) is 9.56. The standard InChI is InChI=1S/C38H71NO2/c1-5-7-9-11-13-15-17-18-19-20-21-22-24-26-28-30-32-38(31-29-27-25-23-16-14-12-10-8-6-2)40-36-33-35(39(3)4)34-37(36)41-38/h13,15,18-19,35-37H,5-12,14,16-17,20-34H2,1-4H3. The highest BCUT2D eigenvalue weighted by atomic mass is 16.8. The van der Waals surface area contributed by atoms with Crippen LogP contribution in [-0.2, 0) is 9.47 Å². The fraction of sp³-hybridized carbons (Fsp3) is 0.895. The number of rotatable bonds is 27. The lowest BCUT2D eigenvalue weighted by molar-refractivity contribution is -0.193. The first-order chi connectivity index (χ1) is 20.1. The van der Waals surface area contributed by atoms with Gasteiger partial charge in [-0.05, 0) is 71.9 Å². The van der Waals surface area contributed by atoms with Crippen molar-refractivity contribution < 1.29 is 9.47 Å². The third kappa shape index (κ3) is 16.7. The molecule has 2 fully saturated rings. The molecule has 2 unspecified atom stereocenters. The number of allylic oxidation sites excluding steroid dienone is 4. The Hall–Kier alpha value is -0.640. The van der Waals surface area contributed by atoms with E-state index < -0.39 is 0 Å². The SMILES string of the molecule is CCCCCC=CCC=CCCCCCCCCC1(CCCCCCCCCCCC)OC2CC(N(C)C)CC2O1. The normalized spacial score (nSPS) is 24.5. The molecule has 1 saturated heterocycles. The number of nitrogens with zero attached hydrogens (tertiary/aromatic N) is 1.